The molecule has 3 nitrogen and oxygen atoms in total. The minimum Gasteiger partial charge on any atom is -0.294 e. The first-order valence-electron chi connectivity index (χ1n) is 5.85. The van der Waals surface area contributed by atoms with Crippen molar-refractivity contribution in [3.63, 3.8) is 0 Å². The van der Waals surface area contributed by atoms with Gasteiger partial charge >= 0.3 is 0 Å². The molecule has 3 heteroatoms. The second kappa shape index (κ2) is 3.76. The van der Waals surface area contributed by atoms with Gasteiger partial charge in [-0.25, -0.2) is 0 Å². The van der Waals surface area contributed by atoms with Crippen molar-refractivity contribution in [2.24, 2.45) is 5.41 Å². The maximum atomic E-state index is 12.0. The van der Waals surface area contributed by atoms with Gasteiger partial charge in [-0.1, -0.05) is 13.8 Å². The quantitative estimate of drug-likeness (QED) is 0.698. The summed E-state index contributed by atoms with van der Waals surface area (Å²) in [4.78, 5) is 27.9. The number of nitrogens with zero attached hydrogens (tertiary/aromatic N) is 1. The van der Waals surface area contributed by atoms with E-state index in [1.807, 2.05) is 6.92 Å². The summed E-state index contributed by atoms with van der Waals surface area (Å²) in [6.07, 6.45) is 1.33. The number of Topliss-reactive ketones (excluding diaryl/α,β-unsaturated/α-hetero) is 2. The number of hydrogen-bond donors (Lipinski definition) is 0. The zero-order valence-electron chi connectivity index (χ0n) is 10.8. The Morgan fingerprint density at radius 2 is 2.00 bits per heavy atom. The second-order valence-electron chi connectivity index (χ2n) is 5.61. The lowest BCUT2D eigenvalue weighted by atomic mass is 9.75. The zero-order valence-corrected chi connectivity index (χ0v) is 10.8. The fraction of sp³-hybridized carbons (Fsp3) is 0.500. The van der Waals surface area contributed by atoms with Crippen LogP contribution in [0.25, 0.3) is 0 Å². The number of ketones is 2. The minimum atomic E-state index is -0.0320. The van der Waals surface area contributed by atoms with Crippen LogP contribution >= 0.6 is 0 Å². The largest absolute Gasteiger partial charge is 0.294 e. The van der Waals surface area contributed by atoms with Crippen molar-refractivity contribution in [1.82, 2.24) is 4.98 Å². The van der Waals surface area contributed by atoms with Crippen LogP contribution in [-0.4, -0.2) is 16.6 Å². The standard InChI is InChI=1S/C14H17NO2/c1-8-10(9(2)16)5-11-12(15-8)6-14(3,4)7-13(11)17/h5H,6-7H2,1-4H3. The molecule has 1 heterocycles. The van der Waals surface area contributed by atoms with Gasteiger partial charge in [-0.05, 0) is 31.7 Å². The van der Waals surface area contributed by atoms with E-state index in [2.05, 4.69) is 18.8 Å². The normalized spacial score (nSPS) is 17.8. The average molecular weight is 231 g/mol. The Morgan fingerprint density at radius 3 is 2.59 bits per heavy atom. The van der Waals surface area contributed by atoms with Crippen LogP contribution < -0.4 is 0 Å². The van der Waals surface area contributed by atoms with Crippen LogP contribution in [-0.2, 0) is 6.42 Å². The molecule has 0 saturated heterocycles. The Bertz CT molecular complexity index is 515. The Hall–Kier alpha value is -1.51. The molecule has 1 aromatic heterocycles. The number of aryl methyl sites for hydroxylation is 1. The summed E-state index contributed by atoms with van der Waals surface area (Å²) >= 11 is 0. The van der Waals surface area contributed by atoms with Gasteiger partial charge in [0.25, 0.3) is 0 Å². The lowest BCUT2D eigenvalue weighted by Gasteiger charge is -2.29. The monoisotopic (exact) mass is 231 g/mol. The van der Waals surface area contributed by atoms with Crippen molar-refractivity contribution >= 4 is 11.6 Å². The van der Waals surface area contributed by atoms with Crippen molar-refractivity contribution in [2.45, 2.75) is 40.5 Å². The summed E-state index contributed by atoms with van der Waals surface area (Å²) in [6, 6.07) is 1.72. The third kappa shape index (κ3) is 2.14. The molecule has 0 aromatic carbocycles. The van der Waals surface area contributed by atoms with Crippen molar-refractivity contribution in [3.8, 4) is 0 Å². The van der Waals surface area contributed by atoms with E-state index in [-0.39, 0.29) is 17.0 Å². The van der Waals surface area contributed by atoms with E-state index in [9.17, 15) is 9.59 Å². The first-order chi connectivity index (χ1) is 7.80. The Kier molecular flexibility index (Phi) is 2.64. The van der Waals surface area contributed by atoms with Gasteiger partial charge in [0.05, 0.1) is 5.69 Å². The van der Waals surface area contributed by atoms with E-state index < -0.39 is 0 Å². The average Bonchev–Trinajstić information content (AvgIpc) is 2.13. The number of carbonyl (C=O) groups is 2. The zero-order chi connectivity index (χ0) is 12.8. The highest BCUT2D eigenvalue weighted by molar-refractivity contribution is 6.02. The summed E-state index contributed by atoms with van der Waals surface area (Å²) < 4.78 is 0. The van der Waals surface area contributed by atoms with Crippen molar-refractivity contribution in [3.05, 3.63) is 28.6 Å². The maximum Gasteiger partial charge on any atom is 0.165 e. The predicted octanol–water partition coefficient (Wildman–Crippen LogP) is 2.75. The van der Waals surface area contributed by atoms with Crippen LogP contribution in [0.3, 0.4) is 0 Å². The number of pyridine rings is 1. The number of carbonyl (C=O) groups excluding carboxylic acids is 2. The molecule has 17 heavy (non-hydrogen) atoms. The van der Waals surface area contributed by atoms with E-state index in [0.717, 1.165) is 17.8 Å². The van der Waals surface area contributed by atoms with Crippen LogP contribution in [0.2, 0.25) is 0 Å². The Morgan fingerprint density at radius 1 is 1.35 bits per heavy atom. The van der Waals surface area contributed by atoms with E-state index in [1.165, 1.54) is 6.92 Å². The molecule has 0 unspecified atom stereocenters. The fourth-order valence-corrected chi connectivity index (χ4v) is 2.43. The fourth-order valence-electron chi connectivity index (χ4n) is 2.43. The summed E-state index contributed by atoms with van der Waals surface area (Å²) in [5.74, 6) is 0.0710. The third-order valence-electron chi connectivity index (χ3n) is 3.26. The molecule has 0 spiro atoms. The molecule has 1 aliphatic rings. The smallest absolute Gasteiger partial charge is 0.165 e. The van der Waals surface area contributed by atoms with Gasteiger partial charge in [0.15, 0.2) is 11.6 Å². The molecule has 0 saturated carbocycles. The van der Waals surface area contributed by atoms with Gasteiger partial charge in [-0.3, -0.25) is 14.6 Å². The number of aromatic nitrogens is 1. The minimum absolute atomic E-state index is 0.0265. The molecule has 0 amide bonds. The topological polar surface area (TPSA) is 47.0 Å². The molecule has 90 valence electrons. The SMILES string of the molecule is CC(=O)c1cc2c(nc1C)CC(C)(C)CC2=O. The first kappa shape index (κ1) is 12.0. The predicted molar refractivity (Wildman–Crippen MR) is 65.4 cm³/mol. The van der Waals surface area contributed by atoms with Crippen LogP contribution in [0.1, 0.15) is 59.3 Å². The van der Waals surface area contributed by atoms with Gasteiger partial charge in [-0.15, -0.1) is 0 Å². The van der Waals surface area contributed by atoms with Gasteiger partial charge in [0.1, 0.15) is 0 Å². The lowest BCUT2D eigenvalue weighted by Crippen LogP contribution is -2.28. The van der Waals surface area contributed by atoms with E-state index in [1.54, 1.807) is 6.07 Å². The lowest BCUT2D eigenvalue weighted by molar-refractivity contribution is 0.0910. The molecule has 2 rings (SSSR count). The molecular weight excluding hydrogens is 214 g/mol. The van der Waals surface area contributed by atoms with Gasteiger partial charge in [-0.2, -0.15) is 0 Å². The Labute approximate surface area is 101 Å². The highest BCUT2D eigenvalue weighted by Gasteiger charge is 2.32. The highest BCUT2D eigenvalue weighted by Crippen LogP contribution is 2.34. The second-order valence-corrected chi connectivity index (χ2v) is 5.61. The molecule has 1 aliphatic carbocycles. The summed E-state index contributed by atoms with van der Waals surface area (Å²) in [5.41, 5.74) is 2.74. The molecule has 0 atom stereocenters. The van der Waals surface area contributed by atoms with E-state index in [4.69, 9.17) is 0 Å². The van der Waals surface area contributed by atoms with Gasteiger partial charge < -0.3 is 0 Å². The number of fused-ring (bicyclic) bond motifs is 1. The molecular formula is C14H17NO2. The van der Waals surface area contributed by atoms with E-state index >= 15 is 0 Å². The molecule has 0 radical (unpaired) electrons. The van der Waals surface area contributed by atoms with Crippen LogP contribution in [0.15, 0.2) is 6.07 Å². The van der Waals surface area contributed by atoms with Crippen molar-refractivity contribution in [2.75, 3.05) is 0 Å². The highest BCUT2D eigenvalue weighted by atomic mass is 16.1. The van der Waals surface area contributed by atoms with Crippen LogP contribution in [0, 0.1) is 12.3 Å². The molecule has 1 aromatic rings. The van der Waals surface area contributed by atoms with Crippen LogP contribution in [0.5, 0.6) is 0 Å². The molecule has 0 aliphatic heterocycles. The number of rotatable bonds is 1. The van der Waals surface area contributed by atoms with Gasteiger partial charge in [0, 0.05) is 23.2 Å². The molecule has 0 N–H and O–H groups in total. The first-order valence-corrected chi connectivity index (χ1v) is 5.85. The van der Waals surface area contributed by atoms with E-state index in [0.29, 0.717) is 17.5 Å². The summed E-state index contributed by atoms with van der Waals surface area (Å²) in [5, 5.41) is 0. The van der Waals surface area contributed by atoms with Gasteiger partial charge in [0.2, 0.25) is 0 Å². The maximum absolute atomic E-state index is 12.0. The molecule has 0 bridgehead atoms. The van der Waals surface area contributed by atoms with Crippen LogP contribution in [0.4, 0.5) is 0 Å². The summed E-state index contributed by atoms with van der Waals surface area (Å²) in [6.45, 7) is 7.48. The summed E-state index contributed by atoms with van der Waals surface area (Å²) in [7, 11) is 0. The van der Waals surface area contributed by atoms with Crippen molar-refractivity contribution < 1.29 is 9.59 Å². The molecule has 0 fully saturated rings. The number of hydrogen-bond acceptors (Lipinski definition) is 3. The van der Waals surface area contributed by atoms with Crippen molar-refractivity contribution in [1.29, 1.82) is 0 Å². The Balaban J connectivity index is 2.58. The third-order valence-corrected chi connectivity index (χ3v) is 3.26.